The molecule has 0 aromatic carbocycles. The van der Waals surface area contributed by atoms with Crippen LogP contribution in [0.1, 0.15) is 0 Å². The standard InChI is InChI=1S/C6H5BrN4/c7-4-1-5-6(8)9-3-10-11(5)2-4/h1-3H,(H2,8,9,10). The summed E-state index contributed by atoms with van der Waals surface area (Å²) in [7, 11) is 0. The molecule has 0 unspecified atom stereocenters. The molecule has 11 heavy (non-hydrogen) atoms. The van der Waals surface area contributed by atoms with E-state index >= 15 is 0 Å². The highest BCUT2D eigenvalue weighted by molar-refractivity contribution is 9.10. The molecule has 0 aliphatic heterocycles. The molecule has 2 rings (SSSR count). The third-order valence-corrected chi connectivity index (χ3v) is 1.84. The predicted octanol–water partition coefficient (Wildman–Crippen LogP) is 1.07. The number of nitrogens with zero attached hydrogens (tertiary/aromatic N) is 3. The number of hydrogen-bond acceptors (Lipinski definition) is 3. The fourth-order valence-corrected chi connectivity index (χ4v) is 1.33. The van der Waals surface area contributed by atoms with E-state index in [1.54, 1.807) is 4.52 Å². The van der Waals surface area contributed by atoms with Gasteiger partial charge in [-0.05, 0) is 22.0 Å². The number of aromatic nitrogens is 3. The van der Waals surface area contributed by atoms with E-state index in [0.717, 1.165) is 9.99 Å². The van der Waals surface area contributed by atoms with E-state index in [9.17, 15) is 0 Å². The maximum Gasteiger partial charge on any atom is 0.151 e. The highest BCUT2D eigenvalue weighted by atomic mass is 79.9. The van der Waals surface area contributed by atoms with Crippen LogP contribution in [-0.2, 0) is 0 Å². The van der Waals surface area contributed by atoms with Crippen molar-refractivity contribution < 1.29 is 0 Å². The van der Waals surface area contributed by atoms with Crippen molar-refractivity contribution in [1.29, 1.82) is 0 Å². The van der Waals surface area contributed by atoms with Crippen molar-refractivity contribution in [2.24, 2.45) is 0 Å². The molecule has 56 valence electrons. The molecule has 2 aromatic rings. The smallest absolute Gasteiger partial charge is 0.151 e. The molecule has 2 aromatic heterocycles. The molecule has 2 heterocycles. The van der Waals surface area contributed by atoms with Crippen molar-refractivity contribution in [2.75, 3.05) is 5.73 Å². The second-order valence-corrected chi connectivity index (χ2v) is 3.05. The van der Waals surface area contributed by atoms with E-state index in [0.29, 0.717) is 5.82 Å². The summed E-state index contributed by atoms with van der Waals surface area (Å²) in [5.74, 6) is 0.491. The molecule has 0 atom stereocenters. The lowest BCUT2D eigenvalue weighted by atomic mass is 10.5. The predicted molar refractivity (Wildman–Crippen MR) is 45.1 cm³/mol. The highest BCUT2D eigenvalue weighted by Crippen LogP contribution is 2.16. The zero-order valence-electron chi connectivity index (χ0n) is 5.53. The van der Waals surface area contributed by atoms with E-state index in [4.69, 9.17) is 5.73 Å². The maximum atomic E-state index is 5.58. The van der Waals surface area contributed by atoms with Gasteiger partial charge in [-0.2, -0.15) is 5.10 Å². The lowest BCUT2D eigenvalue weighted by molar-refractivity contribution is 0.906. The second kappa shape index (κ2) is 2.20. The Morgan fingerprint density at radius 1 is 1.55 bits per heavy atom. The Bertz CT molecular complexity index is 394. The van der Waals surface area contributed by atoms with Gasteiger partial charge in [0.1, 0.15) is 11.8 Å². The van der Waals surface area contributed by atoms with Gasteiger partial charge in [-0.1, -0.05) is 0 Å². The number of nitrogens with two attached hydrogens (primary N) is 1. The molecule has 0 saturated carbocycles. The molecule has 2 N–H and O–H groups in total. The Morgan fingerprint density at radius 3 is 3.09 bits per heavy atom. The molecule has 0 spiro atoms. The lowest BCUT2D eigenvalue weighted by Crippen LogP contribution is -1.96. The van der Waals surface area contributed by atoms with Crippen LogP contribution in [0.5, 0.6) is 0 Å². The molecule has 0 bridgehead atoms. The van der Waals surface area contributed by atoms with Gasteiger partial charge in [0.15, 0.2) is 5.82 Å². The first-order valence-electron chi connectivity index (χ1n) is 3.02. The Balaban J connectivity index is 2.90. The van der Waals surface area contributed by atoms with Crippen LogP contribution in [-0.4, -0.2) is 14.6 Å². The van der Waals surface area contributed by atoms with Gasteiger partial charge in [-0.15, -0.1) is 0 Å². The Kier molecular flexibility index (Phi) is 1.32. The van der Waals surface area contributed by atoms with Crippen LogP contribution < -0.4 is 5.73 Å². The zero-order valence-corrected chi connectivity index (χ0v) is 7.12. The Labute approximate surface area is 71.2 Å². The minimum atomic E-state index is 0.491. The van der Waals surface area contributed by atoms with Crippen molar-refractivity contribution in [2.45, 2.75) is 0 Å². The van der Waals surface area contributed by atoms with Gasteiger partial charge in [0.05, 0.1) is 0 Å². The van der Waals surface area contributed by atoms with E-state index in [2.05, 4.69) is 26.0 Å². The van der Waals surface area contributed by atoms with E-state index in [1.165, 1.54) is 6.33 Å². The first-order chi connectivity index (χ1) is 5.27. The quantitative estimate of drug-likeness (QED) is 0.712. The average Bonchev–Trinajstić information content (AvgIpc) is 2.31. The van der Waals surface area contributed by atoms with Crippen LogP contribution in [0.15, 0.2) is 23.1 Å². The third kappa shape index (κ3) is 0.970. The van der Waals surface area contributed by atoms with Gasteiger partial charge in [0.25, 0.3) is 0 Å². The minimum absolute atomic E-state index is 0.491. The van der Waals surface area contributed by atoms with E-state index in [1.807, 2.05) is 12.3 Å². The summed E-state index contributed by atoms with van der Waals surface area (Å²) in [6, 6.07) is 1.87. The number of halogens is 1. The molecular weight excluding hydrogens is 208 g/mol. The largest absolute Gasteiger partial charge is 0.382 e. The molecule has 0 aliphatic carbocycles. The monoisotopic (exact) mass is 212 g/mol. The number of fused-ring (bicyclic) bond motifs is 1. The molecule has 0 amide bonds. The summed E-state index contributed by atoms with van der Waals surface area (Å²) in [4.78, 5) is 3.85. The van der Waals surface area contributed by atoms with Crippen molar-refractivity contribution in [3.8, 4) is 0 Å². The van der Waals surface area contributed by atoms with Crippen molar-refractivity contribution in [1.82, 2.24) is 14.6 Å². The average molecular weight is 213 g/mol. The maximum absolute atomic E-state index is 5.58. The summed E-state index contributed by atoms with van der Waals surface area (Å²) in [5, 5.41) is 3.96. The normalized spacial score (nSPS) is 10.6. The van der Waals surface area contributed by atoms with E-state index in [-0.39, 0.29) is 0 Å². The summed E-state index contributed by atoms with van der Waals surface area (Å²) in [5.41, 5.74) is 6.40. The Morgan fingerprint density at radius 2 is 2.36 bits per heavy atom. The summed E-state index contributed by atoms with van der Waals surface area (Å²) in [6.45, 7) is 0. The van der Waals surface area contributed by atoms with Gasteiger partial charge >= 0.3 is 0 Å². The first-order valence-corrected chi connectivity index (χ1v) is 3.81. The molecule has 0 aliphatic rings. The summed E-state index contributed by atoms with van der Waals surface area (Å²) < 4.78 is 2.62. The lowest BCUT2D eigenvalue weighted by Gasteiger charge is -1.93. The minimum Gasteiger partial charge on any atom is -0.382 e. The van der Waals surface area contributed by atoms with Crippen LogP contribution >= 0.6 is 15.9 Å². The van der Waals surface area contributed by atoms with Crippen LogP contribution in [0.4, 0.5) is 5.82 Å². The van der Waals surface area contributed by atoms with Gasteiger partial charge in [0.2, 0.25) is 0 Å². The molecule has 0 saturated heterocycles. The number of hydrogen-bond donors (Lipinski definition) is 1. The van der Waals surface area contributed by atoms with Crippen LogP contribution in [0.3, 0.4) is 0 Å². The van der Waals surface area contributed by atoms with E-state index < -0.39 is 0 Å². The van der Waals surface area contributed by atoms with Crippen molar-refractivity contribution in [3.05, 3.63) is 23.1 Å². The van der Waals surface area contributed by atoms with Gasteiger partial charge in [0, 0.05) is 10.7 Å². The Hall–Kier alpha value is -1.10. The molecule has 4 nitrogen and oxygen atoms in total. The van der Waals surface area contributed by atoms with Gasteiger partial charge in [-0.25, -0.2) is 9.50 Å². The van der Waals surface area contributed by atoms with Crippen LogP contribution in [0.2, 0.25) is 0 Å². The second-order valence-electron chi connectivity index (χ2n) is 2.13. The number of nitrogen functional groups attached to an aromatic ring is 1. The third-order valence-electron chi connectivity index (χ3n) is 1.40. The van der Waals surface area contributed by atoms with Gasteiger partial charge < -0.3 is 5.73 Å². The molecule has 5 heteroatoms. The topological polar surface area (TPSA) is 56.2 Å². The van der Waals surface area contributed by atoms with Gasteiger partial charge in [-0.3, -0.25) is 0 Å². The molecular formula is C6H5BrN4. The van der Waals surface area contributed by atoms with Crippen molar-refractivity contribution >= 4 is 27.3 Å². The summed E-state index contributed by atoms with van der Waals surface area (Å²) >= 11 is 3.31. The fraction of sp³-hybridized carbons (Fsp3) is 0. The van der Waals surface area contributed by atoms with Crippen molar-refractivity contribution in [3.63, 3.8) is 0 Å². The molecule has 0 radical (unpaired) electrons. The van der Waals surface area contributed by atoms with Crippen LogP contribution in [0.25, 0.3) is 5.52 Å². The van der Waals surface area contributed by atoms with Crippen LogP contribution in [0, 0.1) is 0 Å². The first kappa shape index (κ1) is 6.60. The number of rotatable bonds is 0. The number of anilines is 1. The summed E-state index contributed by atoms with van der Waals surface area (Å²) in [6.07, 6.45) is 3.25. The zero-order chi connectivity index (χ0) is 7.84. The fourth-order valence-electron chi connectivity index (χ4n) is 0.917. The molecule has 0 fully saturated rings. The SMILES string of the molecule is Nc1ncnn2cc(Br)cc12. The highest BCUT2D eigenvalue weighted by Gasteiger charge is 2.00.